The Bertz CT molecular complexity index is 512. The Hall–Kier alpha value is -0.970. The highest BCUT2D eigenvalue weighted by Crippen LogP contribution is 2.25. The van der Waals surface area contributed by atoms with Crippen molar-refractivity contribution in [1.29, 1.82) is 0 Å². The van der Waals surface area contributed by atoms with Crippen LogP contribution >= 0.6 is 0 Å². The third-order valence-corrected chi connectivity index (χ3v) is 5.55. The molecule has 0 aliphatic rings. The van der Waals surface area contributed by atoms with Gasteiger partial charge in [0.05, 0.1) is 11.0 Å². The van der Waals surface area contributed by atoms with Crippen LogP contribution in [0.1, 0.15) is 38.0 Å². The largest absolute Gasteiger partial charge is 0.228 e. The molecule has 1 rings (SSSR count). The maximum atomic E-state index is 13.1. The monoisotopic (exact) mass is 276 g/mol. The molecule has 0 spiro atoms. The molecule has 0 amide bonds. The number of benzene rings is 1. The van der Waals surface area contributed by atoms with E-state index in [2.05, 4.69) is 0 Å². The average Bonchev–Trinajstić information content (AvgIpc) is 2.31. The van der Waals surface area contributed by atoms with Crippen LogP contribution in [-0.4, -0.2) is 14.2 Å². The van der Waals surface area contributed by atoms with Crippen molar-refractivity contribution in [3.8, 4) is 0 Å². The quantitative estimate of drug-likeness (QED) is 0.825. The molecule has 18 heavy (non-hydrogen) atoms. The van der Waals surface area contributed by atoms with Crippen LogP contribution in [0.2, 0.25) is 0 Å². The highest BCUT2D eigenvalue weighted by atomic mass is 32.2. The van der Waals surface area contributed by atoms with Gasteiger partial charge < -0.3 is 0 Å². The minimum atomic E-state index is -3.34. The molecule has 0 aliphatic carbocycles. The van der Waals surface area contributed by atoms with Gasteiger partial charge >= 0.3 is 0 Å². The Morgan fingerprint density at radius 2 is 1.78 bits per heavy atom. The van der Waals surface area contributed by atoms with Gasteiger partial charge in [-0.1, -0.05) is 26.3 Å². The second kappa shape index (κ2) is 5.78. The Kier molecular flexibility index (Phi) is 4.85. The first-order chi connectivity index (χ1) is 8.27. The summed E-state index contributed by atoms with van der Waals surface area (Å²) in [6.07, 6.45) is 0.768. The van der Waals surface area contributed by atoms with E-state index in [0.717, 1.165) is 18.6 Å². The normalized spacial score (nSPS) is 15.4. The van der Waals surface area contributed by atoms with E-state index < -0.39 is 26.7 Å². The van der Waals surface area contributed by atoms with Gasteiger partial charge in [-0.3, -0.25) is 0 Å². The molecule has 0 saturated heterocycles. The molecular weight excluding hydrogens is 258 g/mol. The average molecular weight is 276 g/mol. The van der Waals surface area contributed by atoms with Crippen LogP contribution in [0.3, 0.4) is 0 Å². The standard InChI is InChI=1S/C13H18F2O2S/c1-4-9(2)8-18(16,17)10(3)11-5-6-12(14)13(15)7-11/h5-7,9-10H,4,8H2,1-3H3/t9-,10+/m1/s1. The van der Waals surface area contributed by atoms with Gasteiger partial charge in [-0.25, -0.2) is 17.2 Å². The molecule has 0 N–H and O–H groups in total. The zero-order chi connectivity index (χ0) is 13.9. The van der Waals surface area contributed by atoms with Gasteiger partial charge in [0.25, 0.3) is 0 Å². The van der Waals surface area contributed by atoms with Crippen molar-refractivity contribution < 1.29 is 17.2 Å². The van der Waals surface area contributed by atoms with Gasteiger partial charge in [0, 0.05) is 0 Å². The lowest BCUT2D eigenvalue weighted by Crippen LogP contribution is -2.19. The van der Waals surface area contributed by atoms with Crippen molar-refractivity contribution in [2.75, 3.05) is 5.75 Å². The third kappa shape index (κ3) is 3.51. The smallest absolute Gasteiger partial charge is 0.159 e. The molecule has 1 aromatic carbocycles. The lowest BCUT2D eigenvalue weighted by atomic mass is 10.1. The first-order valence-electron chi connectivity index (χ1n) is 5.94. The van der Waals surface area contributed by atoms with Crippen LogP contribution in [0.15, 0.2) is 18.2 Å². The van der Waals surface area contributed by atoms with Crippen LogP contribution in [0, 0.1) is 17.6 Å². The van der Waals surface area contributed by atoms with E-state index in [1.54, 1.807) is 0 Å². The number of rotatable bonds is 5. The van der Waals surface area contributed by atoms with Crippen molar-refractivity contribution in [3.05, 3.63) is 35.4 Å². The van der Waals surface area contributed by atoms with Crippen molar-refractivity contribution in [2.24, 2.45) is 5.92 Å². The molecule has 5 heteroatoms. The minimum Gasteiger partial charge on any atom is -0.228 e. The number of hydrogen-bond acceptors (Lipinski definition) is 2. The molecule has 102 valence electrons. The molecule has 2 atom stereocenters. The zero-order valence-electron chi connectivity index (χ0n) is 10.8. The maximum Gasteiger partial charge on any atom is 0.159 e. The lowest BCUT2D eigenvalue weighted by Gasteiger charge is -2.16. The summed E-state index contributed by atoms with van der Waals surface area (Å²) in [7, 11) is -3.34. The second-order valence-electron chi connectivity index (χ2n) is 4.66. The fraction of sp³-hybridized carbons (Fsp3) is 0.538. The Labute approximate surface area is 107 Å². The summed E-state index contributed by atoms with van der Waals surface area (Å²) in [5.41, 5.74) is 0.289. The van der Waals surface area contributed by atoms with Gasteiger partial charge in [-0.05, 0) is 30.5 Å². The summed E-state index contributed by atoms with van der Waals surface area (Å²) in [4.78, 5) is 0. The van der Waals surface area contributed by atoms with Gasteiger partial charge in [0.1, 0.15) is 0 Å². The predicted octanol–water partition coefficient (Wildman–Crippen LogP) is 3.49. The lowest BCUT2D eigenvalue weighted by molar-refractivity contribution is 0.506. The SMILES string of the molecule is CC[C@@H](C)CS(=O)(=O)[C@@H](C)c1ccc(F)c(F)c1. The van der Waals surface area contributed by atoms with Crippen molar-refractivity contribution in [2.45, 2.75) is 32.4 Å². The molecule has 0 heterocycles. The van der Waals surface area contributed by atoms with E-state index in [1.165, 1.54) is 13.0 Å². The van der Waals surface area contributed by atoms with E-state index >= 15 is 0 Å². The van der Waals surface area contributed by atoms with E-state index in [9.17, 15) is 17.2 Å². The minimum absolute atomic E-state index is 0.0581. The van der Waals surface area contributed by atoms with Gasteiger partial charge in [0.2, 0.25) is 0 Å². The molecule has 0 fully saturated rings. The summed E-state index contributed by atoms with van der Waals surface area (Å²) >= 11 is 0. The van der Waals surface area contributed by atoms with Crippen molar-refractivity contribution >= 4 is 9.84 Å². The third-order valence-electron chi connectivity index (χ3n) is 3.17. The molecule has 0 aromatic heterocycles. The van der Waals surface area contributed by atoms with Crippen LogP contribution in [0.25, 0.3) is 0 Å². The van der Waals surface area contributed by atoms with Crippen LogP contribution in [0.4, 0.5) is 8.78 Å². The van der Waals surface area contributed by atoms with E-state index in [0.29, 0.717) is 0 Å². The topological polar surface area (TPSA) is 34.1 Å². The highest BCUT2D eigenvalue weighted by molar-refractivity contribution is 7.91. The van der Waals surface area contributed by atoms with Crippen molar-refractivity contribution in [3.63, 3.8) is 0 Å². The van der Waals surface area contributed by atoms with E-state index in [4.69, 9.17) is 0 Å². The zero-order valence-corrected chi connectivity index (χ0v) is 11.6. The molecule has 1 aromatic rings. The highest BCUT2D eigenvalue weighted by Gasteiger charge is 2.25. The fourth-order valence-corrected chi connectivity index (χ4v) is 3.51. The van der Waals surface area contributed by atoms with Gasteiger partial charge in [0.15, 0.2) is 21.5 Å². The predicted molar refractivity (Wildman–Crippen MR) is 68.0 cm³/mol. The summed E-state index contributed by atoms with van der Waals surface area (Å²) in [6.45, 7) is 5.28. The van der Waals surface area contributed by atoms with Crippen LogP contribution in [-0.2, 0) is 9.84 Å². The van der Waals surface area contributed by atoms with Crippen LogP contribution < -0.4 is 0 Å². The van der Waals surface area contributed by atoms with E-state index in [-0.39, 0.29) is 17.2 Å². The Balaban J connectivity index is 2.98. The number of hydrogen-bond donors (Lipinski definition) is 0. The van der Waals surface area contributed by atoms with E-state index in [1.807, 2.05) is 13.8 Å². The Morgan fingerprint density at radius 3 is 2.28 bits per heavy atom. The first-order valence-corrected chi connectivity index (χ1v) is 7.66. The molecular formula is C13H18F2O2S. The van der Waals surface area contributed by atoms with Gasteiger partial charge in [-0.15, -0.1) is 0 Å². The number of sulfone groups is 1. The molecule has 0 saturated carbocycles. The summed E-state index contributed by atoms with van der Waals surface area (Å²) in [5.74, 6) is -1.87. The van der Waals surface area contributed by atoms with Crippen molar-refractivity contribution in [1.82, 2.24) is 0 Å². The number of halogens is 2. The molecule has 0 unspecified atom stereocenters. The van der Waals surface area contributed by atoms with Gasteiger partial charge in [-0.2, -0.15) is 0 Å². The molecule has 2 nitrogen and oxygen atoms in total. The second-order valence-corrected chi connectivity index (χ2v) is 7.02. The first kappa shape index (κ1) is 15.1. The van der Waals surface area contributed by atoms with Crippen LogP contribution in [0.5, 0.6) is 0 Å². The molecule has 0 bridgehead atoms. The molecule has 0 radical (unpaired) electrons. The maximum absolute atomic E-state index is 13.1. The molecule has 0 aliphatic heterocycles. The Morgan fingerprint density at radius 1 is 1.17 bits per heavy atom. The fourth-order valence-electron chi connectivity index (χ4n) is 1.63. The summed E-state index contributed by atoms with van der Waals surface area (Å²) < 4.78 is 50.0. The summed E-state index contributed by atoms with van der Waals surface area (Å²) in [6, 6.07) is 3.23. The summed E-state index contributed by atoms with van der Waals surface area (Å²) in [5, 5.41) is -0.818.